The van der Waals surface area contributed by atoms with Gasteiger partial charge in [0.15, 0.2) is 11.6 Å². The number of amides is 1. The third-order valence-electron chi connectivity index (χ3n) is 9.69. The lowest BCUT2D eigenvalue weighted by Crippen LogP contribution is -2.41. The molecule has 0 aromatic carbocycles. The molecule has 0 radical (unpaired) electrons. The van der Waals surface area contributed by atoms with Crippen LogP contribution in [-0.2, 0) is 39.9 Å². The number of hydrogen-bond donors (Lipinski definition) is 2. The minimum atomic E-state index is -0.176. The molecule has 8 rings (SSSR count). The second-order valence-electron chi connectivity index (χ2n) is 14.6. The maximum Gasteiger partial charge on any atom is 0.276 e. The van der Waals surface area contributed by atoms with Crippen LogP contribution in [0.2, 0.25) is 0 Å². The Balaban J connectivity index is 0.000000235. The van der Waals surface area contributed by atoms with Gasteiger partial charge in [0.05, 0.1) is 0 Å². The number of nitrogens with one attached hydrogen (secondary N) is 2. The molecule has 54 heavy (non-hydrogen) atoms. The number of hydrogen-bond acceptors (Lipinski definition) is 10. The lowest BCUT2D eigenvalue weighted by molar-refractivity contribution is 0.0963. The molecule has 7 heterocycles. The second kappa shape index (κ2) is 14.3. The number of rotatable bonds is 7. The molecule has 1 amide bonds. The molecule has 15 heteroatoms. The Morgan fingerprint density at radius 3 is 2.09 bits per heavy atom. The highest BCUT2D eigenvalue weighted by molar-refractivity contribution is 9.10. The number of carbonyl (C=O) groups excluding carboxylic acids is 1. The average molecular weight is 797 g/mol. The van der Waals surface area contributed by atoms with Crippen LogP contribution in [0.4, 0.5) is 28.8 Å². The van der Waals surface area contributed by atoms with Gasteiger partial charge in [-0.2, -0.15) is 0 Å². The summed E-state index contributed by atoms with van der Waals surface area (Å²) in [5, 5.41) is 13.7. The lowest BCUT2D eigenvalue weighted by atomic mass is 9.90. The molecule has 14 nitrogen and oxygen atoms in total. The lowest BCUT2D eigenvalue weighted by Gasteiger charge is -2.31. The van der Waals surface area contributed by atoms with Gasteiger partial charge >= 0.3 is 0 Å². The molecule has 0 fully saturated rings. The van der Waals surface area contributed by atoms with Crippen LogP contribution in [0.3, 0.4) is 0 Å². The minimum Gasteiger partial charge on any atom is -0.360 e. The molecule has 1 aliphatic carbocycles. The van der Waals surface area contributed by atoms with Crippen LogP contribution in [0.15, 0.2) is 78.1 Å². The fraction of sp³-hybridized carbons (Fsp3) is 0.333. The third-order valence-corrected chi connectivity index (χ3v) is 10.1. The van der Waals surface area contributed by atoms with Crippen LogP contribution >= 0.6 is 15.9 Å². The Labute approximate surface area is 319 Å². The summed E-state index contributed by atoms with van der Waals surface area (Å²) in [6, 6.07) is 11.0. The highest BCUT2D eigenvalue weighted by Gasteiger charge is 2.37. The first-order valence-electron chi connectivity index (χ1n) is 17.7. The molecule has 6 aromatic heterocycles. The van der Waals surface area contributed by atoms with Crippen LogP contribution in [0.1, 0.15) is 59.6 Å². The SMILES string of the molecule is CCc1c(-c2cc(Nc3cc(C)on3)c(=O)n(C)c2)ccnc1N1CCn2c(cc3c2CC(C)(C)C3)C1=O.Cc1cc(Nc2cc(Br)cn(C)c2=O)no1. The van der Waals surface area contributed by atoms with E-state index in [4.69, 9.17) is 14.0 Å². The third kappa shape index (κ3) is 7.15. The zero-order valence-electron chi connectivity index (χ0n) is 31.3. The molecule has 0 saturated heterocycles. The fourth-order valence-electron chi connectivity index (χ4n) is 7.28. The first-order valence-corrected chi connectivity index (χ1v) is 18.5. The topological polar surface area (TPSA) is 158 Å². The van der Waals surface area contributed by atoms with Crippen LogP contribution in [0, 0.1) is 19.3 Å². The Kier molecular flexibility index (Phi) is 9.68. The average Bonchev–Trinajstić information content (AvgIpc) is 3.89. The molecule has 0 bridgehead atoms. The minimum absolute atomic E-state index is 0.00738. The van der Waals surface area contributed by atoms with Crippen molar-refractivity contribution in [3.8, 4) is 11.1 Å². The fourth-order valence-corrected chi connectivity index (χ4v) is 7.82. The van der Waals surface area contributed by atoms with Gasteiger partial charge in [0.25, 0.3) is 17.0 Å². The van der Waals surface area contributed by atoms with Gasteiger partial charge in [0.2, 0.25) is 0 Å². The van der Waals surface area contributed by atoms with E-state index in [0.717, 1.165) is 46.2 Å². The molecular formula is C39H42BrN9O5. The summed E-state index contributed by atoms with van der Waals surface area (Å²) < 4.78 is 16.1. The van der Waals surface area contributed by atoms with Crippen molar-refractivity contribution in [2.75, 3.05) is 22.1 Å². The quantitative estimate of drug-likeness (QED) is 0.176. The molecule has 280 valence electrons. The van der Waals surface area contributed by atoms with E-state index >= 15 is 0 Å². The Bertz CT molecular complexity index is 2520. The molecule has 0 saturated carbocycles. The number of anilines is 5. The molecule has 0 spiro atoms. The van der Waals surface area contributed by atoms with Crippen molar-refractivity contribution in [1.82, 2.24) is 29.0 Å². The predicted octanol–water partition coefficient (Wildman–Crippen LogP) is 6.82. The standard InChI is InChI=1S/C29H32N6O3.C10H10BrN3O2/c1-6-20-21(19-12-22(27(36)33(5)16-19)31-25-11-17(2)38-32-25)7-8-30-26(20)35-10-9-34-23(28(35)37)13-18-14-29(3,4)15-24(18)34;1-6-3-9(13-16-6)12-8-4-7(11)5-14(2)10(8)15/h7-8,11-13,16H,6,9-10,14-15H2,1-5H3,(H,31,32);3-5H,1-2H3,(H,12,13). The molecular weight excluding hydrogens is 754 g/mol. The van der Waals surface area contributed by atoms with Crippen LogP contribution < -0.4 is 26.7 Å². The molecule has 2 N–H and O–H groups in total. The maximum absolute atomic E-state index is 13.8. The van der Waals surface area contributed by atoms with E-state index in [9.17, 15) is 14.4 Å². The summed E-state index contributed by atoms with van der Waals surface area (Å²) in [7, 11) is 3.41. The summed E-state index contributed by atoms with van der Waals surface area (Å²) in [4.78, 5) is 44.9. The first kappa shape index (κ1) is 36.6. The van der Waals surface area contributed by atoms with E-state index in [1.165, 1.54) is 15.8 Å². The van der Waals surface area contributed by atoms with E-state index in [0.29, 0.717) is 53.3 Å². The Morgan fingerprint density at radius 1 is 0.852 bits per heavy atom. The summed E-state index contributed by atoms with van der Waals surface area (Å²) in [6.45, 7) is 11.6. The largest absolute Gasteiger partial charge is 0.360 e. The molecule has 1 aliphatic heterocycles. The van der Waals surface area contributed by atoms with E-state index in [1.54, 1.807) is 63.1 Å². The smallest absolute Gasteiger partial charge is 0.276 e. The highest BCUT2D eigenvalue weighted by atomic mass is 79.9. The van der Waals surface area contributed by atoms with Crippen LogP contribution in [0.5, 0.6) is 0 Å². The molecule has 0 atom stereocenters. The van der Waals surface area contributed by atoms with Crippen molar-refractivity contribution in [1.29, 1.82) is 0 Å². The Morgan fingerprint density at radius 2 is 1.48 bits per heavy atom. The number of aromatic nitrogens is 6. The van der Waals surface area contributed by atoms with Gasteiger partial charge in [0, 0.05) is 79.2 Å². The van der Waals surface area contributed by atoms with Crippen molar-refractivity contribution in [2.24, 2.45) is 19.5 Å². The number of halogens is 1. The van der Waals surface area contributed by atoms with Crippen molar-refractivity contribution in [2.45, 2.75) is 60.4 Å². The number of carbonyl (C=O) groups is 1. The van der Waals surface area contributed by atoms with Gasteiger partial charge in [-0.15, -0.1) is 0 Å². The van der Waals surface area contributed by atoms with Gasteiger partial charge in [-0.05, 0) is 89.8 Å². The van der Waals surface area contributed by atoms with Crippen molar-refractivity contribution in [3.63, 3.8) is 0 Å². The number of pyridine rings is 3. The summed E-state index contributed by atoms with van der Waals surface area (Å²) in [6.07, 6.45) is 7.94. The Hall–Kier alpha value is -5.70. The highest BCUT2D eigenvalue weighted by Crippen LogP contribution is 2.40. The van der Waals surface area contributed by atoms with E-state index < -0.39 is 0 Å². The molecule has 2 aliphatic rings. The number of nitrogens with zero attached hydrogens (tertiary/aromatic N) is 7. The number of aryl methyl sites for hydroxylation is 4. The van der Waals surface area contributed by atoms with Crippen LogP contribution in [-0.4, -0.2) is 41.5 Å². The molecule has 0 unspecified atom stereocenters. The van der Waals surface area contributed by atoms with Crippen molar-refractivity contribution in [3.05, 3.63) is 114 Å². The summed E-state index contributed by atoms with van der Waals surface area (Å²) in [5.74, 6) is 3.01. The zero-order valence-corrected chi connectivity index (χ0v) is 32.9. The zero-order chi connectivity index (χ0) is 38.5. The second-order valence-corrected chi connectivity index (χ2v) is 15.5. The van der Waals surface area contributed by atoms with E-state index in [2.05, 4.69) is 68.3 Å². The van der Waals surface area contributed by atoms with E-state index in [1.807, 2.05) is 23.2 Å². The van der Waals surface area contributed by atoms with Crippen molar-refractivity contribution >= 4 is 50.7 Å². The normalized spacial score (nSPS) is 14.4. The van der Waals surface area contributed by atoms with Crippen LogP contribution in [0.25, 0.3) is 11.1 Å². The maximum atomic E-state index is 13.8. The molecule has 6 aromatic rings. The van der Waals surface area contributed by atoms with Gasteiger partial charge < -0.3 is 33.4 Å². The first-order chi connectivity index (χ1) is 25.7. The van der Waals surface area contributed by atoms with Gasteiger partial charge in [-0.25, -0.2) is 4.98 Å². The van der Waals surface area contributed by atoms with Gasteiger partial charge in [0.1, 0.15) is 34.4 Å². The summed E-state index contributed by atoms with van der Waals surface area (Å²) in [5.41, 5.74) is 6.90. The monoisotopic (exact) mass is 795 g/mol. The summed E-state index contributed by atoms with van der Waals surface area (Å²) >= 11 is 3.32. The predicted molar refractivity (Wildman–Crippen MR) is 210 cm³/mol. The number of fused-ring (bicyclic) bond motifs is 3. The van der Waals surface area contributed by atoms with Crippen molar-refractivity contribution < 1.29 is 13.8 Å². The van der Waals surface area contributed by atoms with Gasteiger partial charge in [-0.1, -0.05) is 31.1 Å². The van der Waals surface area contributed by atoms with Gasteiger partial charge in [-0.3, -0.25) is 19.3 Å². The van der Waals surface area contributed by atoms with E-state index in [-0.39, 0.29) is 22.4 Å².